The van der Waals surface area contributed by atoms with E-state index in [9.17, 15) is 18.0 Å². The number of pyridine rings is 1. The van der Waals surface area contributed by atoms with Crippen LogP contribution in [-0.4, -0.2) is 65.6 Å². The molecular weight excluding hydrogens is 442 g/mol. The van der Waals surface area contributed by atoms with Crippen LogP contribution in [-0.2, 0) is 14.8 Å². The number of anilines is 1. The summed E-state index contributed by atoms with van der Waals surface area (Å²) >= 11 is 0. The number of amides is 2. The van der Waals surface area contributed by atoms with E-state index in [1.54, 1.807) is 11.0 Å². The van der Waals surface area contributed by atoms with Crippen molar-refractivity contribution in [2.75, 3.05) is 31.5 Å². The number of nitrogens with zero attached hydrogens (tertiary/aromatic N) is 3. The van der Waals surface area contributed by atoms with E-state index in [0.29, 0.717) is 38.3 Å². The molecule has 2 aromatic heterocycles. The van der Waals surface area contributed by atoms with Crippen LogP contribution in [0.3, 0.4) is 0 Å². The molecule has 0 bridgehead atoms. The van der Waals surface area contributed by atoms with Gasteiger partial charge in [-0.15, -0.1) is 0 Å². The van der Waals surface area contributed by atoms with Gasteiger partial charge in [0.15, 0.2) is 0 Å². The zero-order chi connectivity index (χ0) is 23.4. The van der Waals surface area contributed by atoms with Gasteiger partial charge in [-0.3, -0.25) is 9.59 Å². The topological polar surface area (TPSA) is 115 Å². The SMILES string of the molecule is Cc1cccc(NC(=O)C2CCCN(S(=O)(=O)c3c[nH]c(C(=O)N4CCCCCC4)c3)C2)n1. The molecule has 4 heterocycles. The number of likely N-dealkylation sites (tertiary alicyclic amines) is 1. The molecule has 2 aliphatic heterocycles. The van der Waals surface area contributed by atoms with Gasteiger partial charge in [0.2, 0.25) is 15.9 Å². The molecule has 9 nitrogen and oxygen atoms in total. The Bertz CT molecular complexity index is 1110. The number of sulfonamides is 1. The van der Waals surface area contributed by atoms with E-state index in [-0.39, 0.29) is 28.9 Å². The van der Waals surface area contributed by atoms with E-state index in [1.807, 2.05) is 19.1 Å². The number of hydrogen-bond acceptors (Lipinski definition) is 5. The Morgan fingerprint density at radius 2 is 1.85 bits per heavy atom. The highest BCUT2D eigenvalue weighted by Crippen LogP contribution is 2.26. The van der Waals surface area contributed by atoms with Crippen LogP contribution in [0, 0.1) is 12.8 Å². The molecule has 33 heavy (non-hydrogen) atoms. The first-order valence-electron chi connectivity index (χ1n) is 11.6. The van der Waals surface area contributed by atoms with Gasteiger partial charge in [0.05, 0.1) is 5.92 Å². The third kappa shape index (κ3) is 5.44. The normalized spacial score (nSPS) is 20.3. The lowest BCUT2D eigenvalue weighted by Crippen LogP contribution is -2.43. The van der Waals surface area contributed by atoms with Gasteiger partial charge in [0.1, 0.15) is 16.4 Å². The predicted molar refractivity (Wildman–Crippen MR) is 124 cm³/mol. The molecule has 2 N–H and O–H groups in total. The van der Waals surface area contributed by atoms with Crippen LogP contribution in [0.25, 0.3) is 0 Å². The number of carbonyl (C=O) groups excluding carboxylic acids is 2. The Kier molecular flexibility index (Phi) is 7.14. The first-order chi connectivity index (χ1) is 15.8. The summed E-state index contributed by atoms with van der Waals surface area (Å²) in [6.45, 7) is 3.67. The molecule has 1 unspecified atom stereocenters. The zero-order valence-electron chi connectivity index (χ0n) is 18.9. The zero-order valence-corrected chi connectivity index (χ0v) is 19.7. The summed E-state index contributed by atoms with van der Waals surface area (Å²) in [6.07, 6.45) is 6.72. The van der Waals surface area contributed by atoms with Gasteiger partial charge in [-0.2, -0.15) is 4.31 Å². The summed E-state index contributed by atoms with van der Waals surface area (Å²) in [7, 11) is -3.82. The summed E-state index contributed by atoms with van der Waals surface area (Å²) in [6, 6.07) is 6.78. The molecule has 0 aliphatic carbocycles. The summed E-state index contributed by atoms with van der Waals surface area (Å²) in [5.74, 6) is -0.408. The largest absolute Gasteiger partial charge is 0.356 e. The lowest BCUT2D eigenvalue weighted by molar-refractivity contribution is -0.120. The monoisotopic (exact) mass is 473 g/mol. The summed E-state index contributed by atoms with van der Waals surface area (Å²) in [5, 5.41) is 2.80. The van der Waals surface area contributed by atoms with Gasteiger partial charge in [0.25, 0.3) is 5.91 Å². The molecule has 2 amide bonds. The first kappa shape index (κ1) is 23.4. The third-order valence-corrected chi connectivity index (χ3v) is 8.16. The fourth-order valence-corrected chi connectivity index (χ4v) is 5.97. The van der Waals surface area contributed by atoms with Crippen LogP contribution < -0.4 is 5.32 Å². The molecule has 10 heteroatoms. The van der Waals surface area contributed by atoms with Crippen LogP contribution in [0.15, 0.2) is 35.4 Å². The van der Waals surface area contributed by atoms with E-state index in [0.717, 1.165) is 31.4 Å². The second kappa shape index (κ2) is 10.0. The average Bonchev–Trinajstić information content (AvgIpc) is 3.16. The maximum Gasteiger partial charge on any atom is 0.270 e. The van der Waals surface area contributed by atoms with Crippen LogP contribution in [0.5, 0.6) is 0 Å². The molecule has 0 radical (unpaired) electrons. The van der Waals surface area contributed by atoms with Crippen molar-refractivity contribution >= 4 is 27.7 Å². The van der Waals surface area contributed by atoms with Gasteiger partial charge in [-0.05, 0) is 50.8 Å². The van der Waals surface area contributed by atoms with Crippen LogP contribution >= 0.6 is 0 Å². The van der Waals surface area contributed by atoms with E-state index >= 15 is 0 Å². The summed E-state index contributed by atoms with van der Waals surface area (Å²) in [4.78, 5) is 34.6. The van der Waals surface area contributed by atoms with E-state index < -0.39 is 15.9 Å². The van der Waals surface area contributed by atoms with Crippen LogP contribution in [0.2, 0.25) is 0 Å². The Morgan fingerprint density at radius 1 is 1.09 bits per heavy atom. The van der Waals surface area contributed by atoms with Gasteiger partial charge in [-0.1, -0.05) is 18.9 Å². The maximum atomic E-state index is 13.3. The van der Waals surface area contributed by atoms with Gasteiger partial charge in [-0.25, -0.2) is 13.4 Å². The number of aromatic amines is 1. The molecule has 0 aromatic carbocycles. The second-order valence-electron chi connectivity index (χ2n) is 8.81. The number of nitrogens with one attached hydrogen (secondary N) is 2. The first-order valence-corrected chi connectivity index (χ1v) is 13.0. The highest BCUT2D eigenvalue weighted by molar-refractivity contribution is 7.89. The van der Waals surface area contributed by atoms with Crippen molar-refractivity contribution in [1.82, 2.24) is 19.2 Å². The molecule has 2 aromatic rings. The standard InChI is InChI=1S/C23H31N5O4S/c1-17-8-6-10-21(25-17)26-22(29)18-9-7-13-28(16-18)33(31,32)19-14-20(24-15-19)23(30)27-11-4-2-3-5-12-27/h6,8,10,14-15,18,24H,2-5,7,9,11-13,16H2,1H3,(H,25,26,29). The summed E-state index contributed by atoms with van der Waals surface area (Å²) in [5.41, 5.74) is 1.07. The minimum Gasteiger partial charge on any atom is -0.356 e. The van der Waals surface area contributed by atoms with Gasteiger partial charge in [0, 0.05) is 38.1 Å². The molecule has 0 spiro atoms. The van der Waals surface area contributed by atoms with Gasteiger partial charge < -0.3 is 15.2 Å². The molecular formula is C23H31N5O4S. The predicted octanol–water partition coefficient (Wildman–Crippen LogP) is 2.77. The molecule has 1 atom stereocenters. The van der Waals surface area contributed by atoms with Crippen molar-refractivity contribution in [2.45, 2.75) is 50.3 Å². The maximum absolute atomic E-state index is 13.3. The Balaban J connectivity index is 1.43. The highest BCUT2D eigenvalue weighted by Gasteiger charge is 2.34. The van der Waals surface area contributed by atoms with Crippen LogP contribution in [0.4, 0.5) is 5.82 Å². The lowest BCUT2D eigenvalue weighted by Gasteiger charge is -2.30. The van der Waals surface area contributed by atoms with E-state index in [1.165, 1.54) is 16.6 Å². The Hall–Kier alpha value is -2.72. The number of H-pyrrole nitrogens is 1. The number of rotatable bonds is 5. The van der Waals surface area contributed by atoms with Gasteiger partial charge >= 0.3 is 0 Å². The number of aromatic nitrogens is 2. The molecule has 178 valence electrons. The number of carbonyl (C=O) groups is 2. The minimum absolute atomic E-state index is 0.0575. The highest BCUT2D eigenvalue weighted by atomic mass is 32.2. The molecule has 2 fully saturated rings. The average molecular weight is 474 g/mol. The van der Waals surface area contributed by atoms with Crippen molar-refractivity contribution < 1.29 is 18.0 Å². The Labute approximate surface area is 194 Å². The number of aryl methyl sites for hydroxylation is 1. The van der Waals surface area contributed by atoms with E-state index in [2.05, 4.69) is 15.3 Å². The summed E-state index contributed by atoms with van der Waals surface area (Å²) < 4.78 is 27.9. The molecule has 4 rings (SSSR count). The second-order valence-corrected chi connectivity index (χ2v) is 10.7. The third-order valence-electron chi connectivity index (χ3n) is 6.31. The number of piperidine rings is 1. The van der Waals surface area contributed by atoms with Crippen LogP contribution in [0.1, 0.15) is 54.7 Å². The number of hydrogen-bond donors (Lipinski definition) is 2. The molecule has 0 saturated carbocycles. The van der Waals surface area contributed by atoms with Crippen molar-refractivity contribution in [3.63, 3.8) is 0 Å². The van der Waals surface area contributed by atoms with Crippen molar-refractivity contribution in [3.8, 4) is 0 Å². The fourth-order valence-electron chi connectivity index (χ4n) is 4.46. The lowest BCUT2D eigenvalue weighted by atomic mass is 9.99. The smallest absolute Gasteiger partial charge is 0.270 e. The minimum atomic E-state index is -3.82. The van der Waals surface area contributed by atoms with E-state index in [4.69, 9.17) is 0 Å². The Morgan fingerprint density at radius 3 is 2.58 bits per heavy atom. The quantitative estimate of drug-likeness (QED) is 0.693. The molecule has 2 aliphatic rings. The van der Waals surface area contributed by atoms with Crippen molar-refractivity contribution in [2.24, 2.45) is 5.92 Å². The van der Waals surface area contributed by atoms with Crippen molar-refractivity contribution in [3.05, 3.63) is 41.9 Å². The van der Waals surface area contributed by atoms with Crippen molar-refractivity contribution in [1.29, 1.82) is 0 Å². The molecule has 2 saturated heterocycles. The fraction of sp³-hybridized carbons (Fsp3) is 0.522.